The summed E-state index contributed by atoms with van der Waals surface area (Å²) in [6.07, 6.45) is 4.31. The van der Waals surface area contributed by atoms with Crippen molar-refractivity contribution in [3.8, 4) is 0 Å². The number of benzene rings is 1. The monoisotopic (exact) mass is 314 g/mol. The highest BCUT2D eigenvalue weighted by Gasteiger charge is 2.27. The Labute approximate surface area is 133 Å². The summed E-state index contributed by atoms with van der Waals surface area (Å²) in [4.78, 5) is 22.2. The number of nitrogens with two attached hydrogens (primary N) is 1. The average Bonchev–Trinajstić information content (AvgIpc) is 3.05. The van der Waals surface area contributed by atoms with Crippen LogP contribution in [-0.2, 0) is 10.5 Å². The van der Waals surface area contributed by atoms with E-state index in [1.165, 1.54) is 5.56 Å². The predicted molar refractivity (Wildman–Crippen MR) is 87.5 cm³/mol. The third-order valence-electron chi connectivity index (χ3n) is 3.74. The van der Waals surface area contributed by atoms with E-state index in [1.807, 2.05) is 18.2 Å². The summed E-state index contributed by atoms with van der Waals surface area (Å²) >= 11 is 1.66. The van der Waals surface area contributed by atoms with Crippen LogP contribution in [0.5, 0.6) is 0 Å². The zero-order chi connectivity index (χ0) is 15.4. The molecule has 1 aliphatic heterocycles. The molecule has 0 saturated carbocycles. The van der Waals surface area contributed by atoms with E-state index < -0.39 is 0 Å². The molecule has 1 amide bonds. The van der Waals surface area contributed by atoms with Gasteiger partial charge in [0.05, 0.1) is 18.3 Å². The van der Waals surface area contributed by atoms with E-state index in [2.05, 4.69) is 27.0 Å². The fourth-order valence-electron chi connectivity index (χ4n) is 2.49. The molecule has 22 heavy (non-hydrogen) atoms. The van der Waals surface area contributed by atoms with Crippen molar-refractivity contribution in [2.24, 2.45) is 11.7 Å². The van der Waals surface area contributed by atoms with Crippen molar-refractivity contribution in [3.05, 3.63) is 48.3 Å². The molecule has 1 aliphatic rings. The molecule has 3 rings (SSSR count). The molecule has 1 atom stereocenters. The number of rotatable bonds is 5. The van der Waals surface area contributed by atoms with Gasteiger partial charge in [-0.3, -0.25) is 9.78 Å². The fourth-order valence-corrected chi connectivity index (χ4v) is 3.29. The second-order valence-electron chi connectivity index (χ2n) is 5.32. The van der Waals surface area contributed by atoms with E-state index in [4.69, 9.17) is 5.73 Å². The van der Waals surface area contributed by atoms with Gasteiger partial charge in [-0.2, -0.15) is 0 Å². The summed E-state index contributed by atoms with van der Waals surface area (Å²) in [7, 11) is 0. The zero-order valence-corrected chi connectivity index (χ0v) is 13.0. The number of anilines is 1. The number of carbonyl (C=O) groups is 1. The minimum Gasteiger partial charge on any atom is -0.369 e. The maximum Gasteiger partial charge on any atom is 0.222 e. The molecule has 0 aliphatic carbocycles. The number of aromatic nitrogens is 2. The van der Waals surface area contributed by atoms with Crippen molar-refractivity contribution in [1.29, 1.82) is 0 Å². The van der Waals surface area contributed by atoms with Gasteiger partial charge >= 0.3 is 0 Å². The van der Waals surface area contributed by atoms with E-state index in [9.17, 15) is 4.79 Å². The molecule has 1 aromatic heterocycles. The Morgan fingerprint density at radius 3 is 2.86 bits per heavy atom. The molecule has 1 aromatic carbocycles. The largest absolute Gasteiger partial charge is 0.369 e. The molecule has 2 heterocycles. The smallest absolute Gasteiger partial charge is 0.222 e. The molecule has 1 fully saturated rings. The Bertz CT molecular complexity index is 650. The second-order valence-corrected chi connectivity index (χ2v) is 6.32. The van der Waals surface area contributed by atoms with Crippen LogP contribution in [0.15, 0.2) is 47.8 Å². The number of hydrogen-bond donors (Lipinski definition) is 1. The quantitative estimate of drug-likeness (QED) is 0.856. The average molecular weight is 314 g/mol. The van der Waals surface area contributed by atoms with Crippen molar-refractivity contribution in [2.75, 3.05) is 18.0 Å². The van der Waals surface area contributed by atoms with Gasteiger partial charge in [-0.1, -0.05) is 30.3 Å². The molecule has 1 saturated heterocycles. The predicted octanol–water partition coefficient (Wildman–Crippen LogP) is 2.08. The van der Waals surface area contributed by atoms with Gasteiger partial charge < -0.3 is 10.6 Å². The van der Waals surface area contributed by atoms with Gasteiger partial charge in [0.25, 0.3) is 0 Å². The summed E-state index contributed by atoms with van der Waals surface area (Å²) in [6, 6.07) is 10.3. The van der Waals surface area contributed by atoms with Crippen LogP contribution >= 0.6 is 11.8 Å². The molecule has 0 bridgehead atoms. The molecule has 0 spiro atoms. The Morgan fingerprint density at radius 2 is 2.14 bits per heavy atom. The summed E-state index contributed by atoms with van der Waals surface area (Å²) in [6.45, 7) is 1.44. The lowest BCUT2D eigenvalue weighted by Gasteiger charge is -2.16. The van der Waals surface area contributed by atoms with Crippen molar-refractivity contribution < 1.29 is 4.79 Å². The van der Waals surface area contributed by atoms with Gasteiger partial charge in [0.2, 0.25) is 5.91 Å². The van der Waals surface area contributed by atoms with E-state index >= 15 is 0 Å². The molecule has 5 nitrogen and oxygen atoms in total. The highest BCUT2D eigenvalue weighted by atomic mass is 32.2. The Kier molecular flexibility index (Phi) is 4.58. The topological polar surface area (TPSA) is 72.1 Å². The lowest BCUT2D eigenvalue weighted by atomic mass is 10.1. The minimum atomic E-state index is -0.231. The van der Waals surface area contributed by atoms with Crippen molar-refractivity contribution in [2.45, 2.75) is 17.2 Å². The van der Waals surface area contributed by atoms with E-state index in [-0.39, 0.29) is 11.8 Å². The Morgan fingerprint density at radius 1 is 1.32 bits per heavy atom. The van der Waals surface area contributed by atoms with E-state index in [1.54, 1.807) is 24.2 Å². The molecular formula is C16H18N4OS. The molecular weight excluding hydrogens is 296 g/mol. The number of primary amides is 1. The molecule has 2 N–H and O–H groups in total. The highest BCUT2D eigenvalue weighted by molar-refractivity contribution is 7.98. The summed E-state index contributed by atoms with van der Waals surface area (Å²) in [5.41, 5.74) is 6.63. The lowest BCUT2D eigenvalue weighted by Crippen LogP contribution is -2.27. The number of thioether (sulfide) groups is 1. The first-order valence-electron chi connectivity index (χ1n) is 7.25. The maximum atomic E-state index is 11.3. The van der Waals surface area contributed by atoms with Crippen LogP contribution in [0.25, 0.3) is 0 Å². The van der Waals surface area contributed by atoms with Gasteiger partial charge in [0, 0.05) is 18.8 Å². The van der Waals surface area contributed by atoms with Crippen molar-refractivity contribution in [3.63, 3.8) is 0 Å². The first-order chi connectivity index (χ1) is 10.7. The maximum absolute atomic E-state index is 11.3. The summed E-state index contributed by atoms with van der Waals surface area (Å²) in [5.74, 6) is 1.37. The van der Waals surface area contributed by atoms with Gasteiger partial charge in [-0.25, -0.2) is 4.98 Å². The van der Waals surface area contributed by atoms with E-state index in [0.29, 0.717) is 6.54 Å². The molecule has 2 aromatic rings. The second kappa shape index (κ2) is 6.79. The fraction of sp³-hybridized carbons (Fsp3) is 0.312. The van der Waals surface area contributed by atoms with Crippen molar-refractivity contribution in [1.82, 2.24) is 9.97 Å². The summed E-state index contributed by atoms with van der Waals surface area (Å²) in [5, 5.41) is 0.892. The Balaban J connectivity index is 1.64. The summed E-state index contributed by atoms with van der Waals surface area (Å²) < 4.78 is 0. The van der Waals surface area contributed by atoms with Gasteiger partial charge in [-0.05, 0) is 12.0 Å². The molecule has 1 unspecified atom stereocenters. The molecule has 114 valence electrons. The van der Waals surface area contributed by atoms with Crippen LogP contribution in [0, 0.1) is 5.92 Å². The van der Waals surface area contributed by atoms with E-state index in [0.717, 1.165) is 29.6 Å². The SMILES string of the molecule is NC(=O)C1CCN(c2cncc(SCc3ccccc3)n2)C1. The molecule has 0 radical (unpaired) electrons. The van der Waals surface area contributed by atoms with Crippen LogP contribution < -0.4 is 10.6 Å². The van der Waals surface area contributed by atoms with Crippen LogP contribution in [0.2, 0.25) is 0 Å². The first kappa shape index (κ1) is 14.8. The lowest BCUT2D eigenvalue weighted by molar-refractivity contribution is -0.121. The van der Waals surface area contributed by atoms with Gasteiger partial charge in [-0.15, -0.1) is 11.8 Å². The third-order valence-corrected chi connectivity index (χ3v) is 4.71. The normalized spacial score (nSPS) is 17.6. The molecule has 6 heteroatoms. The van der Waals surface area contributed by atoms with Crippen LogP contribution in [-0.4, -0.2) is 29.0 Å². The Hall–Kier alpha value is -2.08. The highest BCUT2D eigenvalue weighted by Crippen LogP contribution is 2.25. The van der Waals surface area contributed by atoms with Crippen LogP contribution in [0.3, 0.4) is 0 Å². The zero-order valence-electron chi connectivity index (χ0n) is 12.2. The minimum absolute atomic E-state index is 0.0811. The van der Waals surface area contributed by atoms with Crippen LogP contribution in [0.1, 0.15) is 12.0 Å². The van der Waals surface area contributed by atoms with Crippen molar-refractivity contribution >= 4 is 23.5 Å². The first-order valence-corrected chi connectivity index (χ1v) is 8.24. The van der Waals surface area contributed by atoms with Crippen LogP contribution in [0.4, 0.5) is 5.82 Å². The number of hydrogen-bond acceptors (Lipinski definition) is 5. The number of nitrogens with zero attached hydrogens (tertiary/aromatic N) is 3. The number of carbonyl (C=O) groups excluding carboxylic acids is 1. The third kappa shape index (κ3) is 3.57. The standard InChI is InChI=1S/C16H18N4OS/c17-16(21)13-6-7-20(10-13)14-8-18-9-15(19-14)22-11-12-4-2-1-3-5-12/h1-5,8-9,13H,6-7,10-11H2,(H2,17,21). The van der Waals surface area contributed by atoms with Gasteiger partial charge in [0.1, 0.15) is 10.8 Å². The number of amides is 1. The van der Waals surface area contributed by atoms with Gasteiger partial charge in [0.15, 0.2) is 0 Å².